The van der Waals surface area contributed by atoms with Gasteiger partial charge in [-0.2, -0.15) is 0 Å². The molecule has 0 unspecified atom stereocenters. The molecule has 5 heteroatoms. The highest BCUT2D eigenvalue weighted by Gasteiger charge is 2.18. The van der Waals surface area contributed by atoms with E-state index in [1.165, 1.54) is 0 Å². The van der Waals surface area contributed by atoms with Gasteiger partial charge < -0.3 is 21.9 Å². The fourth-order valence-electron chi connectivity index (χ4n) is 0.948. The van der Waals surface area contributed by atoms with Crippen molar-refractivity contribution < 1.29 is 5.11 Å². The molecule has 1 aromatic rings. The third-order valence-electron chi connectivity index (χ3n) is 1.88. The molecule has 0 atom stereocenters. The van der Waals surface area contributed by atoms with Crippen molar-refractivity contribution in [2.45, 2.75) is 19.4 Å². The van der Waals surface area contributed by atoms with Crippen LogP contribution in [0.1, 0.15) is 13.8 Å². The van der Waals surface area contributed by atoms with E-state index in [4.69, 9.17) is 16.6 Å². The van der Waals surface area contributed by atoms with Gasteiger partial charge in [0.1, 0.15) is 0 Å². The van der Waals surface area contributed by atoms with E-state index in [0.717, 1.165) is 0 Å². The van der Waals surface area contributed by atoms with Gasteiger partial charge in [0.15, 0.2) is 5.82 Å². The SMILES string of the molecule is CC(C)(CO)Nc1nccc(N)c1N. The molecule has 78 valence electrons. The van der Waals surface area contributed by atoms with Crippen LogP contribution in [0.2, 0.25) is 0 Å². The molecule has 0 saturated heterocycles. The highest BCUT2D eigenvalue weighted by Crippen LogP contribution is 2.24. The van der Waals surface area contributed by atoms with E-state index < -0.39 is 5.54 Å². The summed E-state index contributed by atoms with van der Waals surface area (Å²) in [5.41, 5.74) is 11.8. The van der Waals surface area contributed by atoms with Crippen molar-refractivity contribution in [2.24, 2.45) is 0 Å². The third kappa shape index (κ3) is 2.26. The summed E-state index contributed by atoms with van der Waals surface area (Å²) in [6, 6.07) is 1.63. The Labute approximate surface area is 83.1 Å². The summed E-state index contributed by atoms with van der Waals surface area (Å²) >= 11 is 0. The minimum atomic E-state index is -0.463. The number of anilines is 3. The molecule has 0 aliphatic carbocycles. The molecule has 0 aliphatic heterocycles. The zero-order chi connectivity index (χ0) is 10.8. The summed E-state index contributed by atoms with van der Waals surface area (Å²) in [4.78, 5) is 4.05. The number of aliphatic hydroxyl groups excluding tert-OH is 1. The minimum Gasteiger partial charge on any atom is -0.397 e. The van der Waals surface area contributed by atoms with Crippen molar-refractivity contribution in [1.82, 2.24) is 4.98 Å². The van der Waals surface area contributed by atoms with E-state index in [-0.39, 0.29) is 6.61 Å². The molecule has 14 heavy (non-hydrogen) atoms. The molecular weight excluding hydrogens is 180 g/mol. The van der Waals surface area contributed by atoms with E-state index in [9.17, 15) is 0 Å². The lowest BCUT2D eigenvalue weighted by Crippen LogP contribution is -2.35. The third-order valence-corrected chi connectivity index (χ3v) is 1.88. The van der Waals surface area contributed by atoms with Gasteiger partial charge in [0.25, 0.3) is 0 Å². The monoisotopic (exact) mass is 196 g/mol. The predicted octanol–water partition coefficient (Wildman–Crippen LogP) is 0.429. The number of rotatable bonds is 3. The van der Waals surface area contributed by atoms with Crippen molar-refractivity contribution >= 4 is 17.2 Å². The first-order chi connectivity index (χ1) is 6.46. The molecule has 5 nitrogen and oxygen atoms in total. The number of pyridine rings is 1. The van der Waals surface area contributed by atoms with Crippen molar-refractivity contribution in [1.29, 1.82) is 0 Å². The van der Waals surface area contributed by atoms with Gasteiger partial charge in [-0.1, -0.05) is 0 Å². The number of nitrogen functional groups attached to an aromatic ring is 2. The van der Waals surface area contributed by atoms with Crippen LogP contribution in [0.15, 0.2) is 12.3 Å². The van der Waals surface area contributed by atoms with Crippen molar-refractivity contribution in [3.63, 3.8) is 0 Å². The van der Waals surface area contributed by atoms with E-state index in [0.29, 0.717) is 17.2 Å². The Kier molecular flexibility index (Phi) is 2.81. The average Bonchev–Trinajstić information content (AvgIpc) is 2.13. The summed E-state index contributed by atoms with van der Waals surface area (Å²) in [5.74, 6) is 0.504. The molecule has 0 saturated carbocycles. The van der Waals surface area contributed by atoms with Crippen LogP contribution < -0.4 is 16.8 Å². The van der Waals surface area contributed by atoms with E-state index >= 15 is 0 Å². The maximum absolute atomic E-state index is 9.05. The van der Waals surface area contributed by atoms with Crippen LogP contribution in [0.4, 0.5) is 17.2 Å². The molecule has 0 bridgehead atoms. The quantitative estimate of drug-likeness (QED) is 0.562. The normalized spacial score (nSPS) is 11.4. The molecule has 1 aromatic heterocycles. The largest absolute Gasteiger partial charge is 0.397 e. The van der Waals surface area contributed by atoms with Crippen LogP contribution in [0.25, 0.3) is 0 Å². The van der Waals surface area contributed by atoms with E-state index in [1.54, 1.807) is 12.3 Å². The van der Waals surface area contributed by atoms with Gasteiger partial charge >= 0.3 is 0 Å². The minimum absolute atomic E-state index is 0.0110. The Morgan fingerprint density at radius 2 is 2.14 bits per heavy atom. The number of nitrogens with one attached hydrogen (secondary N) is 1. The fraction of sp³-hybridized carbons (Fsp3) is 0.444. The Morgan fingerprint density at radius 1 is 1.50 bits per heavy atom. The van der Waals surface area contributed by atoms with Crippen LogP contribution in [0.5, 0.6) is 0 Å². The summed E-state index contributed by atoms with van der Waals surface area (Å²) in [6.07, 6.45) is 1.57. The summed E-state index contributed by atoms with van der Waals surface area (Å²) in [7, 11) is 0. The Balaban J connectivity index is 2.92. The topological polar surface area (TPSA) is 97.2 Å². The lowest BCUT2D eigenvalue weighted by molar-refractivity contribution is 0.234. The Bertz CT molecular complexity index is 325. The molecule has 0 aromatic carbocycles. The first-order valence-corrected chi connectivity index (χ1v) is 4.35. The highest BCUT2D eigenvalue weighted by molar-refractivity contribution is 5.75. The molecule has 0 aliphatic rings. The second kappa shape index (κ2) is 3.71. The predicted molar refractivity (Wildman–Crippen MR) is 57.8 cm³/mol. The van der Waals surface area contributed by atoms with Gasteiger partial charge in [-0.25, -0.2) is 4.98 Å². The number of hydrogen-bond donors (Lipinski definition) is 4. The van der Waals surface area contributed by atoms with Gasteiger partial charge in [-0.15, -0.1) is 0 Å². The maximum Gasteiger partial charge on any atom is 0.151 e. The summed E-state index contributed by atoms with van der Waals surface area (Å²) in [5, 5.41) is 12.1. The number of aliphatic hydroxyl groups is 1. The highest BCUT2D eigenvalue weighted by atomic mass is 16.3. The first kappa shape index (κ1) is 10.6. The van der Waals surface area contributed by atoms with Crippen LogP contribution in [0.3, 0.4) is 0 Å². The maximum atomic E-state index is 9.05. The van der Waals surface area contributed by atoms with Crippen LogP contribution in [-0.2, 0) is 0 Å². The zero-order valence-corrected chi connectivity index (χ0v) is 8.41. The molecule has 0 radical (unpaired) electrons. The second-order valence-electron chi connectivity index (χ2n) is 3.83. The van der Waals surface area contributed by atoms with Gasteiger partial charge in [-0.05, 0) is 19.9 Å². The number of aromatic nitrogens is 1. The summed E-state index contributed by atoms with van der Waals surface area (Å²) in [6.45, 7) is 3.68. The number of nitrogens with two attached hydrogens (primary N) is 2. The lowest BCUT2D eigenvalue weighted by atomic mass is 10.1. The van der Waals surface area contributed by atoms with Gasteiger partial charge in [0, 0.05) is 6.20 Å². The van der Waals surface area contributed by atoms with Crippen LogP contribution >= 0.6 is 0 Å². The second-order valence-corrected chi connectivity index (χ2v) is 3.83. The van der Waals surface area contributed by atoms with Gasteiger partial charge in [0.05, 0.1) is 23.5 Å². The number of hydrogen-bond acceptors (Lipinski definition) is 5. The van der Waals surface area contributed by atoms with Crippen LogP contribution in [0, 0.1) is 0 Å². The molecule has 0 amide bonds. The standard InChI is InChI=1S/C9H16N4O/c1-9(2,5-14)13-8-7(11)6(10)3-4-12-8/h3-4,14H,5,11H2,1-2H3,(H3,10,12,13). The average molecular weight is 196 g/mol. The Morgan fingerprint density at radius 3 is 2.71 bits per heavy atom. The molecular formula is C9H16N4O. The smallest absolute Gasteiger partial charge is 0.151 e. The molecule has 1 heterocycles. The van der Waals surface area contributed by atoms with Crippen molar-refractivity contribution in [3.8, 4) is 0 Å². The van der Waals surface area contributed by atoms with Crippen molar-refractivity contribution in [2.75, 3.05) is 23.4 Å². The first-order valence-electron chi connectivity index (χ1n) is 4.35. The summed E-state index contributed by atoms with van der Waals surface area (Å²) < 4.78 is 0. The lowest BCUT2D eigenvalue weighted by Gasteiger charge is -2.25. The number of nitrogens with zero attached hydrogens (tertiary/aromatic N) is 1. The molecule has 0 fully saturated rings. The van der Waals surface area contributed by atoms with Gasteiger partial charge in [-0.3, -0.25) is 0 Å². The van der Waals surface area contributed by atoms with E-state index in [2.05, 4.69) is 10.3 Å². The molecule has 6 N–H and O–H groups in total. The zero-order valence-electron chi connectivity index (χ0n) is 8.41. The Hall–Kier alpha value is -1.49. The van der Waals surface area contributed by atoms with Crippen molar-refractivity contribution in [3.05, 3.63) is 12.3 Å². The van der Waals surface area contributed by atoms with E-state index in [1.807, 2.05) is 13.8 Å². The van der Waals surface area contributed by atoms with Crippen LogP contribution in [-0.4, -0.2) is 22.2 Å². The molecule has 0 spiro atoms. The van der Waals surface area contributed by atoms with Gasteiger partial charge in [0.2, 0.25) is 0 Å². The molecule has 1 rings (SSSR count). The fourth-order valence-corrected chi connectivity index (χ4v) is 0.948.